The number of rotatable bonds is 6. The maximum absolute atomic E-state index is 13.2. The van der Waals surface area contributed by atoms with E-state index in [1.807, 2.05) is 74.5 Å². The molecule has 1 fully saturated rings. The first-order valence-electron chi connectivity index (χ1n) is 12.1. The molecule has 7 heteroatoms. The fraction of sp³-hybridized carbons (Fsp3) is 0.129. The van der Waals surface area contributed by atoms with Crippen LogP contribution in [0.4, 0.5) is 10.5 Å². The summed E-state index contributed by atoms with van der Waals surface area (Å²) < 4.78 is 5.91. The molecule has 1 saturated heterocycles. The summed E-state index contributed by atoms with van der Waals surface area (Å²) in [6.07, 6.45) is 3.53. The number of barbiturate groups is 1. The van der Waals surface area contributed by atoms with E-state index in [4.69, 9.17) is 16.3 Å². The molecule has 1 aliphatic carbocycles. The topological polar surface area (TPSA) is 75.7 Å². The van der Waals surface area contributed by atoms with Gasteiger partial charge in [0, 0.05) is 10.9 Å². The van der Waals surface area contributed by atoms with E-state index in [2.05, 4.69) is 5.32 Å². The van der Waals surface area contributed by atoms with Crippen molar-refractivity contribution in [2.75, 3.05) is 4.90 Å². The summed E-state index contributed by atoms with van der Waals surface area (Å²) in [5.74, 6) is -0.630. The standard InChI is InChI=1S/C31H25ClN2O4/c1-19-16-23(17-27-29(35)33-31(37)34(30(27)36)25-12-10-24(32)11-13-25)20(2)28(19)22-8-14-26(15-9-22)38-18-21-6-4-3-5-7-21/h3-17,28H,18H2,1-2H3,(H,33,35,37)/b27-17+/t28-/m1/s1. The minimum atomic E-state index is -0.796. The van der Waals surface area contributed by atoms with E-state index < -0.39 is 17.8 Å². The Bertz CT molecular complexity index is 1500. The van der Waals surface area contributed by atoms with Crippen LogP contribution in [0.5, 0.6) is 5.75 Å². The number of amides is 4. The molecule has 2 aliphatic rings. The minimum Gasteiger partial charge on any atom is -0.489 e. The molecule has 0 spiro atoms. The van der Waals surface area contributed by atoms with Crippen LogP contribution < -0.4 is 15.0 Å². The predicted molar refractivity (Wildman–Crippen MR) is 147 cm³/mol. The Hall–Kier alpha value is -4.42. The number of ether oxygens (including phenoxy) is 1. The van der Waals surface area contributed by atoms with E-state index in [0.29, 0.717) is 17.3 Å². The van der Waals surface area contributed by atoms with Gasteiger partial charge in [-0.3, -0.25) is 14.9 Å². The number of anilines is 1. The molecule has 0 unspecified atom stereocenters. The van der Waals surface area contributed by atoms with Gasteiger partial charge in [-0.1, -0.05) is 71.3 Å². The van der Waals surface area contributed by atoms with Gasteiger partial charge in [-0.2, -0.15) is 0 Å². The molecule has 5 rings (SSSR count). The van der Waals surface area contributed by atoms with E-state index in [1.165, 1.54) is 0 Å². The number of hydrogen-bond acceptors (Lipinski definition) is 4. The van der Waals surface area contributed by atoms with Gasteiger partial charge in [-0.05, 0) is 73.0 Å². The first-order valence-corrected chi connectivity index (χ1v) is 12.5. The van der Waals surface area contributed by atoms with Crippen LogP contribution in [0.3, 0.4) is 0 Å². The third-order valence-corrected chi connectivity index (χ3v) is 6.93. The molecule has 0 radical (unpaired) electrons. The zero-order valence-corrected chi connectivity index (χ0v) is 21.7. The monoisotopic (exact) mass is 524 g/mol. The van der Waals surface area contributed by atoms with Crippen LogP contribution >= 0.6 is 11.6 Å². The lowest BCUT2D eigenvalue weighted by molar-refractivity contribution is -0.122. The number of nitrogens with one attached hydrogen (secondary N) is 1. The highest BCUT2D eigenvalue weighted by molar-refractivity contribution is 6.38. The lowest BCUT2D eigenvalue weighted by Gasteiger charge is -2.26. The van der Waals surface area contributed by atoms with Crippen LogP contribution in [0.1, 0.15) is 30.9 Å². The first-order chi connectivity index (χ1) is 18.3. The van der Waals surface area contributed by atoms with Gasteiger partial charge in [0.25, 0.3) is 11.8 Å². The summed E-state index contributed by atoms with van der Waals surface area (Å²) in [6.45, 7) is 4.49. The second-order valence-electron chi connectivity index (χ2n) is 9.24. The molecule has 0 aromatic heterocycles. The van der Waals surface area contributed by atoms with E-state index in [0.717, 1.165) is 38.5 Å². The van der Waals surface area contributed by atoms with Crippen molar-refractivity contribution < 1.29 is 19.1 Å². The molecule has 6 nitrogen and oxygen atoms in total. The average molecular weight is 525 g/mol. The van der Waals surface area contributed by atoms with Gasteiger partial charge in [0.15, 0.2) is 0 Å². The van der Waals surface area contributed by atoms with Crippen LogP contribution in [0, 0.1) is 0 Å². The minimum absolute atomic E-state index is 0.000720. The summed E-state index contributed by atoms with van der Waals surface area (Å²) in [5.41, 5.74) is 5.25. The highest BCUT2D eigenvalue weighted by atomic mass is 35.5. The van der Waals surface area contributed by atoms with Crippen molar-refractivity contribution in [1.82, 2.24) is 5.32 Å². The van der Waals surface area contributed by atoms with Crippen LogP contribution in [0.2, 0.25) is 5.02 Å². The van der Waals surface area contributed by atoms with Crippen molar-refractivity contribution >= 4 is 35.1 Å². The molecular formula is C31H25ClN2O4. The smallest absolute Gasteiger partial charge is 0.335 e. The van der Waals surface area contributed by atoms with E-state index in [-0.39, 0.29) is 11.5 Å². The van der Waals surface area contributed by atoms with Crippen molar-refractivity contribution in [3.05, 3.63) is 129 Å². The van der Waals surface area contributed by atoms with Crippen LogP contribution in [-0.2, 0) is 16.2 Å². The second kappa shape index (κ2) is 10.5. The molecule has 1 atom stereocenters. The number of hydrogen-bond donors (Lipinski definition) is 1. The summed E-state index contributed by atoms with van der Waals surface area (Å²) in [4.78, 5) is 39.3. The predicted octanol–water partition coefficient (Wildman–Crippen LogP) is 6.49. The molecule has 3 aromatic rings. The third kappa shape index (κ3) is 5.04. The molecule has 1 N–H and O–H groups in total. The molecule has 190 valence electrons. The highest BCUT2D eigenvalue weighted by Gasteiger charge is 2.37. The molecule has 1 aliphatic heterocycles. The Labute approximate surface area is 225 Å². The lowest BCUT2D eigenvalue weighted by atomic mass is 9.89. The maximum Gasteiger partial charge on any atom is 0.335 e. The molecule has 3 aromatic carbocycles. The van der Waals surface area contributed by atoms with Gasteiger partial charge >= 0.3 is 6.03 Å². The number of benzene rings is 3. The number of halogens is 1. The summed E-state index contributed by atoms with van der Waals surface area (Å²) in [6, 6.07) is 23.4. The van der Waals surface area contributed by atoms with E-state index in [1.54, 1.807) is 30.3 Å². The van der Waals surface area contributed by atoms with Crippen LogP contribution in [-0.4, -0.2) is 17.8 Å². The number of nitrogens with zero attached hydrogens (tertiary/aromatic N) is 1. The van der Waals surface area contributed by atoms with Crippen molar-refractivity contribution in [3.8, 4) is 5.75 Å². The summed E-state index contributed by atoms with van der Waals surface area (Å²) >= 11 is 5.94. The van der Waals surface area contributed by atoms with Gasteiger partial charge in [0.1, 0.15) is 17.9 Å². The molecule has 38 heavy (non-hydrogen) atoms. The number of carbonyl (C=O) groups is 3. The SMILES string of the molecule is CC1=CC(/C=C2\C(=O)NC(=O)N(c3ccc(Cl)cc3)C2=O)=C(C)[C@@H]1c1ccc(OCc2ccccc2)cc1. The Morgan fingerprint density at radius 3 is 2.29 bits per heavy atom. The Morgan fingerprint density at radius 2 is 1.61 bits per heavy atom. The van der Waals surface area contributed by atoms with Gasteiger partial charge in [0.2, 0.25) is 0 Å². The summed E-state index contributed by atoms with van der Waals surface area (Å²) in [7, 11) is 0. The lowest BCUT2D eigenvalue weighted by Crippen LogP contribution is -2.54. The number of carbonyl (C=O) groups excluding carboxylic acids is 3. The quantitative estimate of drug-likeness (QED) is 0.295. The maximum atomic E-state index is 13.2. The molecular weight excluding hydrogens is 500 g/mol. The van der Waals surface area contributed by atoms with E-state index in [9.17, 15) is 14.4 Å². The zero-order chi connectivity index (χ0) is 26.8. The van der Waals surface area contributed by atoms with Crippen LogP contribution in [0.25, 0.3) is 0 Å². The normalized spacial score (nSPS) is 18.7. The Morgan fingerprint density at radius 1 is 0.921 bits per heavy atom. The third-order valence-electron chi connectivity index (χ3n) is 6.67. The summed E-state index contributed by atoms with van der Waals surface area (Å²) in [5, 5.41) is 2.74. The van der Waals surface area contributed by atoms with Crippen LogP contribution in [0.15, 0.2) is 113 Å². The van der Waals surface area contributed by atoms with Crippen molar-refractivity contribution in [2.24, 2.45) is 0 Å². The van der Waals surface area contributed by atoms with Crippen molar-refractivity contribution in [2.45, 2.75) is 26.4 Å². The number of urea groups is 1. The largest absolute Gasteiger partial charge is 0.489 e. The van der Waals surface area contributed by atoms with Crippen molar-refractivity contribution in [3.63, 3.8) is 0 Å². The fourth-order valence-corrected chi connectivity index (χ4v) is 4.88. The van der Waals surface area contributed by atoms with Gasteiger partial charge in [0.05, 0.1) is 5.69 Å². The molecule has 0 saturated carbocycles. The second-order valence-corrected chi connectivity index (χ2v) is 9.67. The van der Waals surface area contributed by atoms with Crippen molar-refractivity contribution in [1.29, 1.82) is 0 Å². The highest BCUT2D eigenvalue weighted by Crippen LogP contribution is 2.40. The number of allylic oxidation sites excluding steroid dienone is 5. The molecule has 1 heterocycles. The Kier molecular flexibility index (Phi) is 6.99. The van der Waals surface area contributed by atoms with Gasteiger partial charge in [-0.15, -0.1) is 0 Å². The average Bonchev–Trinajstić information content (AvgIpc) is 3.19. The van der Waals surface area contributed by atoms with Gasteiger partial charge in [-0.25, -0.2) is 9.69 Å². The fourth-order valence-electron chi connectivity index (χ4n) is 4.75. The zero-order valence-electron chi connectivity index (χ0n) is 20.9. The Balaban J connectivity index is 1.37. The first kappa shape index (κ1) is 25.2. The van der Waals surface area contributed by atoms with Gasteiger partial charge < -0.3 is 4.74 Å². The number of imide groups is 2. The molecule has 4 amide bonds. The van der Waals surface area contributed by atoms with E-state index >= 15 is 0 Å². The molecule has 0 bridgehead atoms.